The molecule has 0 radical (unpaired) electrons. The first kappa shape index (κ1) is 10.9. The third-order valence-electron chi connectivity index (χ3n) is 1.64. The zero-order valence-electron chi connectivity index (χ0n) is 8.14. The van der Waals surface area contributed by atoms with Crippen LogP contribution >= 0.6 is 0 Å². The van der Waals surface area contributed by atoms with Crippen LogP contribution in [0.15, 0.2) is 18.2 Å². The summed E-state index contributed by atoms with van der Waals surface area (Å²) >= 11 is 0. The molecule has 0 heterocycles. The van der Waals surface area contributed by atoms with E-state index in [0.717, 1.165) is 12.1 Å². The molecule has 0 spiro atoms. The summed E-state index contributed by atoms with van der Waals surface area (Å²) in [7, 11) is 0. The van der Waals surface area contributed by atoms with Gasteiger partial charge in [0.1, 0.15) is 11.6 Å². The lowest BCUT2D eigenvalue weighted by atomic mass is 10.1. The maximum atomic E-state index is 13.0. The summed E-state index contributed by atoms with van der Waals surface area (Å²) in [5, 5.41) is 12.1. The zero-order chi connectivity index (χ0) is 10.8. The quantitative estimate of drug-likeness (QED) is 0.785. The Morgan fingerprint density at radius 3 is 2.50 bits per heavy atom. The first-order valence-corrected chi connectivity index (χ1v) is 4.30. The highest BCUT2D eigenvalue weighted by Crippen LogP contribution is 2.15. The van der Waals surface area contributed by atoms with Gasteiger partial charge in [0.05, 0.1) is 11.3 Å². The Morgan fingerprint density at radius 1 is 1.36 bits per heavy atom. The van der Waals surface area contributed by atoms with Crippen molar-refractivity contribution in [2.24, 2.45) is 0 Å². The molecule has 0 aliphatic carbocycles. The number of halogens is 2. The molecule has 0 amide bonds. The van der Waals surface area contributed by atoms with Crippen LogP contribution in [-0.2, 0) is 0 Å². The number of hydrogen-bond donors (Lipinski definition) is 2. The lowest BCUT2D eigenvalue weighted by molar-refractivity contribution is 0.0944. The maximum Gasteiger partial charge on any atom is 0.149 e. The van der Waals surface area contributed by atoms with E-state index in [1.807, 2.05) is 0 Å². The average Bonchev–Trinajstić information content (AvgIpc) is 2.00. The van der Waals surface area contributed by atoms with E-state index >= 15 is 0 Å². The molecule has 2 N–H and O–H groups in total. The molecule has 0 atom stereocenters. The topological polar surface area (TPSA) is 32.3 Å². The fourth-order valence-corrected chi connectivity index (χ4v) is 0.944. The summed E-state index contributed by atoms with van der Waals surface area (Å²) in [5.74, 6) is -1.27. The van der Waals surface area contributed by atoms with Gasteiger partial charge in [-0.2, -0.15) is 0 Å². The molecule has 1 aromatic carbocycles. The molecule has 0 saturated carbocycles. The Labute approximate surface area is 81.6 Å². The van der Waals surface area contributed by atoms with Crippen LogP contribution in [0.1, 0.15) is 13.8 Å². The third-order valence-corrected chi connectivity index (χ3v) is 1.64. The first-order chi connectivity index (χ1) is 6.38. The molecule has 4 heteroatoms. The van der Waals surface area contributed by atoms with Crippen molar-refractivity contribution in [2.45, 2.75) is 19.4 Å². The minimum absolute atomic E-state index is 0.188. The second kappa shape index (κ2) is 3.92. The summed E-state index contributed by atoms with van der Waals surface area (Å²) < 4.78 is 25.5. The number of aliphatic hydroxyl groups is 1. The smallest absolute Gasteiger partial charge is 0.149 e. The second-order valence-corrected chi connectivity index (χ2v) is 3.79. The molecule has 1 aromatic rings. The molecule has 0 aliphatic rings. The fraction of sp³-hybridized carbons (Fsp3) is 0.400. The Balaban J connectivity index is 2.68. The highest BCUT2D eigenvalue weighted by molar-refractivity contribution is 5.44. The van der Waals surface area contributed by atoms with Gasteiger partial charge < -0.3 is 10.4 Å². The van der Waals surface area contributed by atoms with Crippen LogP contribution in [-0.4, -0.2) is 17.3 Å². The molecule has 78 valence electrons. The van der Waals surface area contributed by atoms with Crippen molar-refractivity contribution < 1.29 is 13.9 Å². The minimum atomic E-state index is -0.930. The SMILES string of the molecule is CC(C)(O)CNc1ccc(F)cc1F. The lowest BCUT2D eigenvalue weighted by Gasteiger charge is -2.18. The van der Waals surface area contributed by atoms with Crippen molar-refractivity contribution in [2.75, 3.05) is 11.9 Å². The van der Waals surface area contributed by atoms with E-state index in [4.69, 9.17) is 0 Å². The van der Waals surface area contributed by atoms with Gasteiger partial charge >= 0.3 is 0 Å². The number of nitrogens with one attached hydrogen (secondary N) is 1. The molecule has 14 heavy (non-hydrogen) atoms. The van der Waals surface area contributed by atoms with Crippen LogP contribution in [0.3, 0.4) is 0 Å². The van der Waals surface area contributed by atoms with Gasteiger partial charge in [-0.3, -0.25) is 0 Å². The molecule has 0 aliphatic heterocycles. The van der Waals surface area contributed by atoms with E-state index < -0.39 is 17.2 Å². The van der Waals surface area contributed by atoms with Crippen LogP contribution in [0, 0.1) is 11.6 Å². The van der Waals surface area contributed by atoms with Crippen molar-refractivity contribution >= 4 is 5.69 Å². The molecule has 0 unspecified atom stereocenters. The summed E-state index contributed by atoms with van der Waals surface area (Å²) in [6, 6.07) is 3.26. The minimum Gasteiger partial charge on any atom is -0.389 e. The van der Waals surface area contributed by atoms with Crippen molar-refractivity contribution in [1.29, 1.82) is 0 Å². The highest BCUT2D eigenvalue weighted by atomic mass is 19.1. The highest BCUT2D eigenvalue weighted by Gasteiger charge is 2.13. The normalized spacial score (nSPS) is 11.5. The largest absolute Gasteiger partial charge is 0.389 e. The van der Waals surface area contributed by atoms with Gasteiger partial charge in [0.15, 0.2) is 0 Å². The molecule has 1 rings (SSSR count). The van der Waals surface area contributed by atoms with E-state index in [0.29, 0.717) is 0 Å². The molecule has 0 bridgehead atoms. The predicted octanol–water partition coefficient (Wildman–Crippen LogP) is 2.15. The summed E-state index contributed by atoms with van der Waals surface area (Å²) in [5.41, 5.74) is -0.741. The predicted molar refractivity (Wildman–Crippen MR) is 51.1 cm³/mol. The van der Waals surface area contributed by atoms with Gasteiger partial charge in [0, 0.05) is 12.6 Å². The van der Waals surface area contributed by atoms with Crippen LogP contribution < -0.4 is 5.32 Å². The fourth-order valence-electron chi connectivity index (χ4n) is 0.944. The maximum absolute atomic E-state index is 13.0. The van der Waals surface area contributed by atoms with Gasteiger partial charge in [-0.25, -0.2) is 8.78 Å². The van der Waals surface area contributed by atoms with Crippen molar-refractivity contribution in [3.8, 4) is 0 Å². The standard InChI is InChI=1S/C10H13F2NO/c1-10(2,14)6-13-9-4-3-7(11)5-8(9)12/h3-5,13-14H,6H2,1-2H3. The monoisotopic (exact) mass is 201 g/mol. The number of hydrogen-bond acceptors (Lipinski definition) is 2. The zero-order valence-corrected chi connectivity index (χ0v) is 8.14. The molecular weight excluding hydrogens is 188 g/mol. The Hall–Kier alpha value is -1.16. The first-order valence-electron chi connectivity index (χ1n) is 4.30. The Bertz CT molecular complexity index is 320. The summed E-state index contributed by atoms with van der Waals surface area (Å²) in [4.78, 5) is 0. The third kappa shape index (κ3) is 3.30. The van der Waals surface area contributed by atoms with Crippen molar-refractivity contribution in [3.63, 3.8) is 0 Å². The summed E-state index contributed by atoms with van der Waals surface area (Å²) in [6.45, 7) is 3.40. The Kier molecular flexibility index (Phi) is 3.06. The van der Waals surface area contributed by atoms with Crippen LogP contribution in [0.25, 0.3) is 0 Å². The van der Waals surface area contributed by atoms with E-state index in [1.165, 1.54) is 6.07 Å². The number of rotatable bonds is 3. The number of benzene rings is 1. The number of anilines is 1. The van der Waals surface area contributed by atoms with Crippen molar-refractivity contribution in [3.05, 3.63) is 29.8 Å². The molecule has 0 saturated heterocycles. The molecule has 2 nitrogen and oxygen atoms in total. The van der Waals surface area contributed by atoms with E-state index in [9.17, 15) is 13.9 Å². The summed E-state index contributed by atoms with van der Waals surface area (Å²) in [6.07, 6.45) is 0. The van der Waals surface area contributed by atoms with Gasteiger partial charge in [-0.1, -0.05) is 0 Å². The average molecular weight is 201 g/mol. The van der Waals surface area contributed by atoms with Crippen LogP contribution in [0.5, 0.6) is 0 Å². The van der Waals surface area contributed by atoms with E-state index in [2.05, 4.69) is 5.32 Å². The van der Waals surface area contributed by atoms with Crippen molar-refractivity contribution in [1.82, 2.24) is 0 Å². The second-order valence-electron chi connectivity index (χ2n) is 3.79. The van der Waals surface area contributed by atoms with E-state index in [-0.39, 0.29) is 12.2 Å². The van der Waals surface area contributed by atoms with Gasteiger partial charge in [0.25, 0.3) is 0 Å². The van der Waals surface area contributed by atoms with Crippen LogP contribution in [0.2, 0.25) is 0 Å². The van der Waals surface area contributed by atoms with Gasteiger partial charge in [-0.15, -0.1) is 0 Å². The van der Waals surface area contributed by atoms with E-state index in [1.54, 1.807) is 13.8 Å². The molecular formula is C10H13F2NO. The van der Waals surface area contributed by atoms with Crippen LogP contribution in [0.4, 0.5) is 14.5 Å². The van der Waals surface area contributed by atoms with Gasteiger partial charge in [-0.05, 0) is 26.0 Å². The lowest BCUT2D eigenvalue weighted by Crippen LogP contribution is -2.29. The van der Waals surface area contributed by atoms with Gasteiger partial charge in [0.2, 0.25) is 0 Å². The molecule has 0 aromatic heterocycles. The Morgan fingerprint density at radius 2 is 2.00 bits per heavy atom. The molecule has 0 fully saturated rings.